The molecule has 1 unspecified atom stereocenters. The first-order valence-electron chi connectivity index (χ1n) is 6.85. The summed E-state index contributed by atoms with van der Waals surface area (Å²) < 4.78 is 0. The highest BCUT2D eigenvalue weighted by molar-refractivity contribution is 7.33. The summed E-state index contributed by atoms with van der Waals surface area (Å²) in [6, 6.07) is 14.1. The van der Waals surface area contributed by atoms with Gasteiger partial charge in [0.2, 0.25) is 0 Å². The second-order valence-corrected chi connectivity index (χ2v) is 6.52. The lowest BCUT2D eigenvalue weighted by Gasteiger charge is -2.14. The molecule has 106 valence electrons. The second-order valence-electron chi connectivity index (χ2n) is 4.68. The van der Waals surface area contributed by atoms with Gasteiger partial charge in [-0.05, 0) is 12.5 Å². The van der Waals surface area contributed by atoms with Gasteiger partial charge in [-0.1, -0.05) is 43.7 Å². The van der Waals surface area contributed by atoms with Gasteiger partial charge in [0.25, 0.3) is 5.00 Å². The van der Waals surface area contributed by atoms with E-state index in [4.69, 9.17) is 0 Å². The summed E-state index contributed by atoms with van der Waals surface area (Å²) in [4.78, 5) is 13.0. The molecule has 1 amide bonds. The smallest absolute Gasteiger partial charge is 0.415 e. The topological polar surface area (TPSA) is 40.5 Å². The molecule has 0 aliphatic heterocycles. The Balaban J connectivity index is 2.20. The average Bonchev–Trinajstić information content (AvgIpc) is 2.88. The first-order valence-corrected chi connectivity index (χ1v) is 8.30. The van der Waals surface area contributed by atoms with Crippen molar-refractivity contribution in [1.29, 1.82) is 0 Å². The predicted molar refractivity (Wildman–Crippen MR) is 84.7 cm³/mol. The van der Waals surface area contributed by atoms with Gasteiger partial charge in [0.15, 0.2) is 5.75 Å². The number of hydrogen-bond acceptors (Lipinski definition) is 1. The van der Waals surface area contributed by atoms with Crippen LogP contribution in [-0.4, -0.2) is 17.7 Å². The van der Waals surface area contributed by atoms with Crippen LogP contribution >= 0.6 is 10.5 Å². The first kappa shape index (κ1) is 14.6. The lowest BCUT2D eigenvalue weighted by Crippen LogP contribution is -2.29. The van der Waals surface area contributed by atoms with Gasteiger partial charge in [0.05, 0.1) is 0 Å². The van der Waals surface area contributed by atoms with E-state index in [2.05, 4.69) is 24.4 Å². The number of thiophene rings is 1. The Morgan fingerprint density at radius 1 is 1.20 bits per heavy atom. The molecule has 1 heterocycles. The number of anilines is 1. The fourth-order valence-electron chi connectivity index (χ4n) is 2.10. The van der Waals surface area contributed by atoms with Crippen molar-refractivity contribution in [2.75, 3.05) is 11.4 Å². The molecule has 1 aromatic heterocycles. The van der Waals surface area contributed by atoms with Crippen molar-refractivity contribution in [3.63, 3.8) is 0 Å². The van der Waals surface area contributed by atoms with Crippen molar-refractivity contribution >= 4 is 21.6 Å². The van der Waals surface area contributed by atoms with Crippen LogP contribution in [0, 0.1) is 0 Å². The SMILES string of the molecule is CCCCN(C(=O)O)c1ccc[s+]1Cc1ccccc1. The molecular formula is C16H20NO2S+. The molecule has 2 aromatic rings. The highest BCUT2D eigenvalue weighted by atomic mass is 32.2. The number of amides is 1. The van der Waals surface area contributed by atoms with Crippen LogP contribution < -0.4 is 4.90 Å². The summed E-state index contributed by atoms with van der Waals surface area (Å²) in [5.74, 6) is 0.874. The summed E-state index contributed by atoms with van der Waals surface area (Å²) in [7, 11) is -0.145. The highest BCUT2D eigenvalue weighted by Gasteiger charge is 2.24. The molecule has 4 heteroatoms. The number of rotatable bonds is 6. The van der Waals surface area contributed by atoms with Gasteiger partial charge in [-0.15, -0.1) is 0 Å². The van der Waals surface area contributed by atoms with Gasteiger partial charge in [0.1, 0.15) is 5.38 Å². The van der Waals surface area contributed by atoms with E-state index in [1.807, 2.05) is 30.3 Å². The van der Waals surface area contributed by atoms with E-state index in [1.54, 1.807) is 0 Å². The minimum absolute atomic E-state index is 0.145. The van der Waals surface area contributed by atoms with Gasteiger partial charge >= 0.3 is 6.09 Å². The van der Waals surface area contributed by atoms with E-state index in [1.165, 1.54) is 10.5 Å². The largest absolute Gasteiger partial charge is 0.465 e. The van der Waals surface area contributed by atoms with Crippen molar-refractivity contribution < 1.29 is 9.90 Å². The van der Waals surface area contributed by atoms with E-state index in [-0.39, 0.29) is 10.5 Å². The van der Waals surface area contributed by atoms with E-state index in [0.717, 1.165) is 23.6 Å². The molecule has 0 spiro atoms. The number of nitrogens with zero attached hydrogens (tertiary/aromatic N) is 1. The summed E-state index contributed by atoms with van der Waals surface area (Å²) in [6.45, 7) is 2.66. The summed E-state index contributed by atoms with van der Waals surface area (Å²) >= 11 is 0. The molecule has 0 saturated carbocycles. The number of benzene rings is 1. The van der Waals surface area contributed by atoms with E-state index in [9.17, 15) is 9.90 Å². The Hall–Kier alpha value is -1.81. The summed E-state index contributed by atoms with van der Waals surface area (Å²) in [5.41, 5.74) is 1.24. The molecule has 1 aromatic carbocycles. The van der Waals surface area contributed by atoms with Crippen molar-refractivity contribution in [3.8, 4) is 0 Å². The summed E-state index contributed by atoms with van der Waals surface area (Å²) in [6.07, 6.45) is 1.04. The van der Waals surface area contributed by atoms with Gasteiger partial charge < -0.3 is 5.11 Å². The molecular weight excluding hydrogens is 270 g/mol. The Kier molecular flexibility index (Phi) is 5.18. The fraction of sp³-hybridized carbons (Fsp3) is 0.312. The molecule has 0 fully saturated rings. The molecule has 0 radical (unpaired) electrons. The lowest BCUT2D eigenvalue weighted by atomic mass is 10.2. The van der Waals surface area contributed by atoms with E-state index in [0.29, 0.717) is 6.54 Å². The Morgan fingerprint density at radius 3 is 2.60 bits per heavy atom. The van der Waals surface area contributed by atoms with Gasteiger partial charge in [-0.2, -0.15) is 0 Å². The number of hydrogen-bond donors (Lipinski definition) is 1. The van der Waals surface area contributed by atoms with Crippen LogP contribution in [-0.2, 0) is 5.75 Å². The average molecular weight is 290 g/mol. The first-order chi connectivity index (χ1) is 9.72. The fourth-order valence-corrected chi connectivity index (χ4v) is 4.01. The molecule has 3 nitrogen and oxygen atoms in total. The van der Waals surface area contributed by atoms with Crippen LogP contribution in [0.5, 0.6) is 0 Å². The number of carboxylic acid groups (broad SMARTS) is 1. The van der Waals surface area contributed by atoms with Crippen LogP contribution in [0.3, 0.4) is 0 Å². The molecule has 1 atom stereocenters. The van der Waals surface area contributed by atoms with E-state index >= 15 is 0 Å². The molecule has 0 saturated heterocycles. The molecule has 1 N–H and O–H groups in total. The van der Waals surface area contributed by atoms with Crippen molar-refractivity contribution in [2.24, 2.45) is 0 Å². The number of unbranched alkanes of at least 4 members (excludes halogenated alkanes) is 1. The zero-order valence-electron chi connectivity index (χ0n) is 11.7. The second kappa shape index (κ2) is 7.10. The maximum Gasteiger partial charge on any atom is 0.415 e. The van der Waals surface area contributed by atoms with Crippen molar-refractivity contribution in [2.45, 2.75) is 25.5 Å². The van der Waals surface area contributed by atoms with Gasteiger partial charge in [0, 0.05) is 28.6 Å². The Labute approximate surface area is 122 Å². The molecule has 20 heavy (non-hydrogen) atoms. The molecule has 0 bridgehead atoms. The third-order valence-corrected chi connectivity index (χ3v) is 5.17. The van der Waals surface area contributed by atoms with Gasteiger partial charge in [-0.25, -0.2) is 9.69 Å². The Morgan fingerprint density at radius 2 is 1.95 bits per heavy atom. The molecule has 0 aliphatic rings. The standard InChI is InChI=1S/C16H19NO2S/c1-2-3-11-17(16(18)19)15-10-7-12-20(15)13-14-8-5-4-6-9-14/h4-10,12H,2-3,11,13H2,1H3/p+1. The van der Waals surface area contributed by atoms with E-state index < -0.39 is 6.09 Å². The monoisotopic (exact) mass is 290 g/mol. The lowest BCUT2D eigenvalue weighted by molar-refractivity contribution is 0.202. The zero-order valence-corrected chi connectivity index (χ0v) is 12.5. The van der Waals surface area contributed by atoms with Crippen molar-refractivity contribution in [3.05, 3.63) is 53.4 Å². The Bertz CT molecular complexity index is 551. The third kappa shape index (κ3) is 3.61. The number of carbonyl (C=O) groups is 1. The quantitative estimate of drug-likeness (QED) is 0.779. The van der Waals surface area contributed by atoms with Crippen LogP contribution in [0.1, 0.15) is 25.3 Å². The minimum atomic E-state index is -0.848. The van der Waals surface area contributed by atoms with Crippen molar-refractivity contribution in [1.82, 2.24) is 0 Å². The van der Waals surface area contributed by atoms with Crippen LogP contribution in [0.2, 0.25) is 0 Å². The third-order valence-electron chi connectivity index (χ3n) is 3.15. The van der Waals surface area contributed by atoms with Crippen LogP contribution in [0.25, 0.3) is 0 Å². The summed E-state index contributed by atoms with van der Waals surface area (Å²) in [5, 5.41) is 12.4. The van der Waals surface area contributed by atoms with Crippen LogP contribution in [0.4, 0.5) is 9.80 Å². The zero-order chi connectivity index (χ0) is 14.4. The molecule has 0 aliphatic carbocycles. The minimum Gasteiger partial charge on any atom is -0.465 e. The molecule has 2 rings (SSSR count). The normalized spacial score (nSPS) is 11.3. The maximum atomic E-state index is 11.5. The van der Waals surface area contributed by atoms with Crippen LogP contribution in [0.15, 0.2) is 47.8 Å². The maximum absolute atomic E-state index is 11.5. The predicted octanol–water partition coefficient (Wildman–Crippen LogP) is 4.77. The highest BCUT2D eigenvalue weighted by Crippen LogP contribution is 2.36. The van der Waals surface area contributed by atoms with Gasteiger partial charge in [-0.3, -0.25) is 0 Å².